The summed E-state index contributed by atoms with van der Waals surface area (Å²) in [4.78, 5) is 9.07. The van der Waals surface area contributed by atoms with E-state index in [9.17, 15) is 0 Å². The Hall–Kier alpha value is -1.69. The summed E-state index contributed by atoms with van der Waals surface area (Å²) >= 11 is 12.2. The quantitative estimate of drug-likeness (QED) is 0.832. The van der Waals surface area contributed by atoms with Crippen molar-refractivity contribution in [3.05, 3.63) is 46.1 Å². The summed E-state index contributed by atoms with van der Waals surface area (Å²) in [5.74, 6) is 2.37. The van der Waals surface area contributed by atoms with E-state index in [1.165, 1.54) is 0 Å². The van der Waals surface area contributed by atoms with E-state index in [1.807, 2.05) is 24.3 Å². The summed E-state index contributed by atoms with van der Waals surface area (Å²) in [5, 5.41) is 1.28. The lowest BCUT2D eigenvalue weighted by molar-refractivity contribution is 0.174. The van der Waals surface area contributed by atoms with Crippen LogP contribution in [-0.4, -0.2) is 42.9 Å². The van der Waals surface area contributed by atoms with Crippen LogP contribution in [0.1, 0.15) is 5.56 Å². The van der Waals surface area contributed by atoms with Crippen LogP contribution in [-0.2, 0) is 6.54 Å². The Morgan fingerprint density at radius 2 is 1.88 bits per heavy atom. The molecule has 0 spiro atoms. The molecule has 2 aliphatic rings. The van der Waals surface area contributed by atoms with Crippen LogP contribution in [0, 0.1) is 0 Å². The maximum Gasteiger partial charge on any atom is 0.231 e. The van der Waals surface area contributed by atoms with Crippen LogP contribution in [0.25, 0.3) is 0 Å². The van der Waals surface area contributed by atoms with Crippen LogP contribution >= 0.6 is 23.2 Å². The van der Waals surface area contributed by atoms with E-state index < -0.39 is 0 Å². The van der Waals surface area contributed by atoms with Crippen molar-refractivity contribution in [2.45, 2.75) is 6.54 Å². The van der Waals surface area contributed by atoms with Crippen molar-refractivity contribution in [3.8, 4) is 11.5 Å². The zero-order valence-electron chi connectivity index (χ0n) is 13.0. The van der Waals surface area contributed by atoms with Gasteiger partial charge in [-0.05, 0) is 29.8 Å². The number of pyridine rings is 1. The van der Waals surface area contributed by atoms with Crippen molar-refractivity contribution in [1.29, 1.82) is 0 Å². The fourth-order valence-electron chi connectivity index (χ4n) is 3.06. The maximum atomic E-state index is 6.26. The molecule has 3 heterocycles. The van der Waals surface area contributed by atoms with Crippen molar-refractivity contribution in [2.75, 3.05) is 37.9 Å². The molecule has 0 saturated carbocycles. The Kier molecular flexibility index (Phi) is 4.39. The highest BCUT2D eigenvalue weighted by molar-refractivity contribution is 6.32. The topological polar surface area (TPSA) is 37.8 Å². The van der Waals surface area contributed by atoms with E-state index in [2.05, 4.69) is 14.8 Å². The van der Waals surface area contributed by atoms with E-state index in [-0.39, 0.29) is 6.79 Å². The van der Waals surface area contributed by atoms with E-state index in [1.54, 1.807) is 6.20 Å². The molecule has 2 aliphatic heterocycles. The van der Waals surface area contributed by atoms with Gasteiger partial charge in [-0.2, -0.15) is 0 Å². The largest absolute Gasteiger partial charge is 0.454 e. The molecule has 5 nitrogen and oxygen atoms in total. The van der Waals surface area contributed by atoms with E-state index in [4.69, 9.17) is 32.7 Å². The first-order valence-electron chi connectivity index (χ1n) is 7.86. The molecule has 0 unspecified atom stereocenters. The molecule has 1 saturated heterocycles. The van der Waals surface area contributed by atoms with Gasteiger partial charge in [0.25, 0.3) is 0 Å². The van der Waals surface area contributed by atoms with Gasteiger partial charge in [0, 0.05) is 38.9 Å². The summed E-state index contributed by atoms with van der Waals surface area (Å²) in [5.41, 5.74) is 1.14. The zero-order valence-corrected chi connectivity index (χ0v) is 14.6. The standard InChI is InChI=1S/C17H17Cl2N3O2/c18-13-1-2-16(20-9-13)22-5-3-21(4-6-22)10-12-7-14(19)17-15(8-12)23-11-24-17/h1-2,7-9H,3-6,10-11H2. The summed E-state index contributed by atoms with van der Waals surface area (Å²) < 4.78 is 10.8. The fourth-order valence-corrected chi connectivity index (χ4v) is 3.46. The molecule has 7 heteroatoms. The van der Waals surface area contributed by atoms with Crippen molar-refractivity contribution in [1.82, 2.24) is 9.88 Å². The number of nitrogens with zero attached hydrogens (tertiary/aromatic N) is 3. The van der Waals surface area contributed by atoms with Gasteiger partial charge in [0.05, 0.1) is 10.0 Å². The predicted octanol–water partition coefficient (Wildman–Crippen LogP) is 3.44. The second-order valence-electron chi connectivity index (χ2n) is 5.91. The number of piperazine rings is 1. The van der Waals surface area contributed by atoms with Gasteiger partial charge in [-0.3, -0.25) is 4.90 Å². The Labute approximate surface area is 150 Å². The minimum atomic E-state index is 0.241. The Morgan fingerprint density at radius 1 is 1.04 bits per heavy atom. The average Bonchev–Trinajstić information content (AvgIpc) is 3.05. The molecule has 0 bridgehead atoms. The van der Waals surface area contributed by atoms with Gasteiger partial charge in [-0.1, -0.05) is 23.2 Å². The second kappa shape index (κ2) is 6.67. The normalized spacial score (nSPS) is 17.3. The second-order valence-corrected chi connectivity index (χ2v) is 6.75. The Morgan fingerprint density at radius 3 is 2.62 bits per heavy atom. The number of hydrogen-bond donors (Lipinski definition) is 0. The number of rotatable bonds is 3. The SMILES string of the molecule is Clc1ccc(N2CCN(Cc3cc(Cl)c4c(c3)OCO4)CC2)nc1. The Balaban J connectivity index is 1.38. The van der Waals surface area contributed by atoms with Crippen LogP contribution in [0.4, 0.5) is 5.82 Å². The lowest BCUT2D eigenvalue weighted by Gasteiger charge is -2.35. The third-order valence-corrected chi connectivity index (χ3v) is 4.81. The third kappa shape index (κ3) is 3.24. The number of benzene rings is 1. The molecule has 0 N–H and O–H groups in total. The maximum absolute atomic E-state index is 6.26. The minimum absolute atomic E-state index is 0.241. The molecular formula is C17H17Cl2N3O2. The van der Waals surface area contributed by atoms with Crippen molar-refractivity contribution < 1.29 is 9.47 Å². The van der Waals surface area contributed by atoms with Crippen molar-refractivity contribution in [3.63, 3.8) is 0 Å². The molecule has 126 valence electrons. The summed E-state index contributed by atoms with van der Waals surface area (Å²) in [6.45, 7) is 4.90. The molecule has 1 fully saturated rings. The van der Waals surface area contributed by atoms with Gasteiger partial charge < -0.3 is 14.4 Å². The predicted molar refractivity (Wildman–Crippen MR) is 94.3 cm³/mol. The van der Waals surface area contributed by atoms with Crippen LogP contribution in [0.5, 0.6) is 11.5 Å². The number of aromatic nitrogens is 1. The molecule has 1 aromatic heterocycles. The molecule has 2 aromatic rings. The van der Waals surface area contributed by atoms with E-state index >= 15 is 0 Å². The van der Waals surface area contributed by atoms with Gasteiger partial charge in [0.1, 0.15) is 5.82 Å². The van der Waals surface area contributed by atoms with Crippen molar-refractivity contribution >= 4 is 29.0 Å². The smallest absolute Gasteiger partial charge is 0.231 e. The number of ether oxygens (including phenoxy) is 2. The molecule has 24 heavy (non-hydrogen) atoms. The number of hydrogen-bond acceptors (Lipinski definition) is 5. The summed E-state index contributed by atoms with van der Waals surface area (Å²) in [6.07, 6.45) is 1.69. The van der Waals surface area contributed by atoms with Gasteiger partial charge in [-0.25, -0.2) is 4.98 Å². The fraction of sp³-hybridized carbons (Fsp3) is 0.353. The van der Waals surface area contributed by atoms with E-state index in [0.717, 1.165) is 49.9 Å². The van der Waals surface area contributed by atoms with Gasteiger partial charge in [0.2, 0.25) is 6.79 Å². The highest BCUT2D eigenvalue weighted by Crippen LogP contribution is 2.40. The van der Waals surface area contributed by atoms with Gasteiger partial charge in [-0.15, -0.1) is 0 Å². The number of fused-ring (bicyclic) bond motifs is 1. The van der Waals surface area contributed by atoms with Gasteiger partial charge >= 0.3 is 0 Å². The first-order valence-corrected chi connectivity index (χ1v) is 8.61. The lowest BCUT2D eigenvalue weighted by Crippen LogP contribution is -2.46. The van der Waals surface area contributed by atoms with Crippen LogP contribution in [0.2, 0.25) is 10.0 Å². The first kappa shape index (κ1) is 15.8. The van der Waals surface area contributed by atoms with Gasteiger partial charge in [0.15, 0.2) is 11.5 Å². The number of halogens is 2. The van der Waals surface area contributed by atoms with Crippen LogP contribution in [0.3, 0.4) is 0 Å². The van der Waals surface area contributed by atoms with Crippen molar-refractivity contribution in [2.24, 2.45) is 0 Å². The summed E-state index contributed by atoms with van der Waals surface area (Å²) in [7, 11) is 0. The average molecular weight is 366 g/mol. The highest BCUT2D eigenvalue weighted by atomic mass is 35.5. The zero-order chi connectivity index (χ0) is 16.5. The monoisotopic (exact) mass is 365 g/mol. The van der Waals surface area contributed by atoms with Crippen LogP contribution in [0.15, 0.2) is 30.5 Å². The molecule has 1 aromatic carbocycles. The molecule has 0 atom stereocenters. The van der Waals surface area contributed by atoms with E-state index in [0.29, 0.717) is 15.8 Å². The molecular weight excluding hydrogens is 349 g/mol. The molecule has 4 rings (SSSR count). The number of anilines is 1. The summed E-state index contributed by atoms with van der Waals surface area (Å²) in [6, 6.07) is 7.82. The Bertz CT molecular complexity index is 731. The highest BCUT2D eigenvalue weighted by Gasteiger charge is 2.21. The third-order valence-electron chi connectivity index (χ3n) is 4.30. The molecule has 0 amide bonds. The molecule has 0 aliphatic carbocycles. The first-order chi connectivity index (χ1) is 11.7. The minimum Gasteiger partial charge on any atom is -0.454 e. The lowest BCUT2D eigenvalue weighted by atomic mass is 10.1. The van der Waals surface area contributed by atoms with Crippen LogP contribution < -0.4 is 14.4 Å². The molecule has 0 radical (unpaired) electrons.